The number of carbonyl (C=O) groups is 3. The van der Waals surface area contributed by atoms with Crippen LogP contribution in [-0.2, 0) is 19.1 Å². The number of ether oxygens (including phenoxy) is 1. The van der Waals surface area contributed by atoms with Crippen LogP contribution < -0.4 is 10.6 Å². The number of fused-ring (bicyclic) bond motifs is 1. The number of primary amides is 1. The fourth-order valence-electron chi connectivity index (χ4n) is 2.54. The first-order chi connectivity index (χ1) is 12.1. The number of nitrogens with zero attached hydrogens (tertiary/aromatic N) is 1. The Kier molecular flexibility index (Phi) is 5.04. The van der Waals surface area contributed by atoms with Crippen molar-refractivity contribution in [3.05, 3.63) is 60.2 Å². The van der Waals surface area contributed by atoms with E-state index in [4.69, 9.17) is 10.5 Å². The van der Waals surface area contributed by atoms with Crippen LogP contribution in [0.3, 0.4) is 0 Å². The van der Waals surface area contributed by atoms with E-state index in [0.717, 1.165) is 4.90 Å². The highest BCUT2D eigenvalue weighted by molar-refractivity contribution is 8.00. The molecule has 7 heteroatoms. The maximum Gasteiger partial charge on any atom is 0.327 e. The molecule has 0 unspecified atom stereocenters. The number of hydrogen-bond acceptors (Lipinski definition) is 5. The number of thioether (sulfide) groups is 1. The molecule has 1 heterocycles. The molecule has 1 aliphatic rings. The summed E-state index contributed by atoms with van der Waals surface area (Å²) in [5.41, 5.74) is 6.51. The van der Waals surface area contributed by atoms with Gasteiger partial charge in [0.1, 0.15) is 6.54 Å². The normalized spacial score (nSPS) is 14.6. The van der Waals surface area contributed by atoms with Gasteiger partial charge in [-0.1, -0.05) is 42.5 Å². The van der Waals surface area contributed by atoms with Gasteiger partial charge in [-0.15, -0.1) is 11.8 Å². The van der Waals surface area contributed by atoms with Crippen LogP contribution in [0.1, 0.15) is 11.7 Å². The van der Waals surface area contributed by atoms with Crippen LogP contribution in [0.2, 0.25) is 0 Å². The number of esters is 1. The predicted molar refractivity (Wildman–Crippen MR) is 94.0 cm³/mol. The highest BCUT2D eigenvalue weighted by Crippen LogP contribution is 2.34. The molecule has 3 rings (SSSR count). The summed E-state index contributed by atoms with van der Waals surface area (Å²) in [6, 6.07) is 15.9. The maximum absolute atomic E-state index is 12.3. The summed E-state index contributed by atoms with van der Waals surface area (Å²) in [7, 11) is 0. The van der Waals surface area contributed by atoms with Gasteiger partial charge < -0.3 is 10.5 Å². The summed E-state index contributed by atoms with van der Waals surface area (Å²) < 4.78 is 5.25. The van der Waals surface area contributed by atoms with Crippen molar-refractivity contribution in [2.75, 3.05) is 17.2 Å². The molecule has 2 amide bonds. The summed E-state index contributed by atoms with van der Waals surface area (Å²) in [4.78, 5) is 38.5. The number of hydrogen-bond donors (Lipinski definition) is 1. The topological polar surface area (TPSA) is 89.7 Å². The van der Waals surface area contributed by atoms with Crippen LogP contribution in [0.15, 0.2) is 59.5 Å². The number of carbonyl (C=O) groups excluding carboxylic acids is 3. The molecule has 1 atom stereocenters. The molecule has 2 aromatic carbocycles. The van der Waals surface area contributed by atoms with Gasteiger partial charge in [0.2, 0.25) is 12.0 Å². The van der Waals surface area contributed by atoms with E-state index in [-0.39, 0.29) is 18.2 Å². The van der Waals surface area contributed by atoms with Crippen LogP contribution in [-0.4, -0.2) is 30.1 Å². The van der Waals surface area contributed by atoms with Crippen LogP contribution >= 0.6 is 11.8 Å². The van der Waals surface area contributed by atoms with Crippen molar-refractivity contribution < 1.29 is 19.1 Å². The van der Waals surface area contributed by atoms with Crippen LogP contribution in [0.25, 0.3) is 0 Å². The van der Waals surface area contributed by atoms with Crippen molar-refractivity contribution in [2.45, 2.75) is 11.0 Å². The molecule has 0 aromatic heterocycles. The fourth-order valence-corrected chi connectivity index (χ4v) is 3.48. The quantitative estimate of drug-likeness (QED) is 0.827. The number of nitrogens with two attached hydrogens (primary N) is 1. The van der Waals surface area contributed by atoms with Gasteiger partial charge in [-0.3, -0.25) is 19.3 Å². The minimum Gasteiger partial charge on any atom is -0.446 e. The van der Waals surface area contributed by atoms with E-state index in [1.165, 1.54) is 16.7 Å². The lowest BCUT2D eigenvalue weighted by Crippen LogP contribution is -2.40. The number of para-hydroxylation sites is 1. The summed E-state index contributed by atoms with van der Waals surface area (Å²) in [6.07, 6.45) is -1.18. The molecule has 0 radical (unpaired) electrons. The average molecular weight is 356 g/mol. The molecular formula is C18H16N2O4S. The molecule has 0 spiro atoms. The van der Waals surface area contributed by atoms with Crippen LogP contribution in [0, 0.1) is 0 Å². The second kappa shape index (κ2) is 7.40. The molecule has 0 fully saturated rings. The highest BCUT2D eigenvalue weighted by atomic mass is 32.2. The number of amides is 2. The van der Waals surface area contributed by atoms with Crippen molar-refractivity contribution in [3.8, 4) is 0 Å². The van der Waals surface area contributed by atoms with Crippen molar-refractivity contribution in [3.63, 3.8) is 0 Å². The standard InChI is InChI=1S/C18H16N2O4S/c19-18(23)17(12-6-2-1-3-7-12)24-16(22)10-20-13-8-4-5-9-14(13)25-11-15(20)21/h1-9,17H,10-11H2,(H2,19,23)/t17-/m0/s1. The van der Waals surface area contributed by atoms with Crippen LogP contribution in [0.5, 0.6) is 0 Å². The first-order valence-electron chi connectivity index (χ1n) is 7.62. The number of anilines is 1. The second-order valence-corrected chi connectivity index (χ2v) is 6.44. The molecule has 2 aromatic rings. The van der Waals surface area contributed by atoms with Gasteiger partial charge in [-0.05, 0) is 12.1 Å². The van der Waals surface area contributed by atoms with E-state index in [1.54, 1.807) is 42.5 Å². The third-order valence-corrected chi connectivity index (χ3v) is 4.75. The molecule has 6 nitrogen and oxygen atoms in total. The molecule has 1 aliphatic heterocycles. The van der Waals surface area contributed by atoms with Gasteiger partial charge >= 0.3 is 5.97 Å². The summed E-state index contributed by atoms with van der Waals surface area (Å²) in [5.74, 6) is -1.39. The van der Waals surface area contributed by atoms with E-state index in [1.807, 2.05) is 12.1 Å². The lowest BCUT2D eigenvalue weighted by atomic mass is 10.1. The SMILES string of the molecule is NC(=O)[C@@H](OC(=O)CN1C(=O)CSc2ccccc21)c1ccccc1. The Bertz CT molecular complexity index is 810. The van der Waals surface area contributed by atoms with Gasteiger partial charge in [0.15, 0.2) is 0 Å². The maximum atomic E-state index is 12.3. The van der Waals surface area contributed by atoms with Gasteiger partial charge in [0.05, 0.1) is 11.4 Å². The summed E-state index contributed by atoms with van der Waals surface area (Å²) in [5, 5.41) is 0. The summed E-state index contributed by atoms with van der Waals surface area (Å²) in [6.45, 7) is -0.271. The second-order valence-electron chi connectivity index (χ2n) is 5.42. The zero-order valence-electron chi connectivity index (χ0n) is 13.3. The lowest BCUT2D eigenvalue weighted by Gasteiger charge is -2.28. The number of benzene rings is 2. The van der Waals surface area contributed by atoms with Crippen LogP contribution in [0.4, 0.5) is 5.69 Å². The van der Waals surface area contributed by atoms with Gasteiger partial charge in [-0.25, -0.2) is 0 Å². The Balaban J connectivity index is 1.76. The molecule has 0 bridgehead atoms. The van der Waals surface area contributed by atoms with Gasteiger partial charge in [0.25, 0.3) is 5.91 Å². The Hall–Kier alpha value is -2.80. The van der Waals surface area contributed by atoms with Crippen molar-refractivity contribution in [2.24, 2.45) is 5.73 Å². The first kappa shape index (κ1) is 17.0. The molecule has 0 saturated carbocycles. The molecule has 128 valence electrons. The zero-order chi connectivity index (χ0) is 17.8. The third kappa shape index (κ3) is 3.83. The zero-order valence-corrected chi connectivity index (χ0v) is 14.1. The molecule has 25 heavy (non-hydrogen) atoms. The third-order valence-electron chi connectivity index (χ3n) is 3.71. The monoisotopic (exact) mass is 356 g/mol. The van der Waals surface area contributed by atoms with E-state index >= 15 is 0 Å². The predicted octanol–water partition coefficient (Wildman–Crippen LogP) is 1.90. The molecular weight excluding hydrogens is 340 g/mol. The van der Waals surface area contributed by atoms with Crippen molar-refractivity contribution >= 4 is 35.2 Å². The van der Waals surface area contributed by atoms with E-state index in [2.05, 4.69) is 0 Å². The molecule has 0 aliphatic carbocycles. The summed E-state index contributed by atoms with van der Waals surface area (Å²) >= 11 is 1.43. The highest BCUT2D eigenvalue weighted by Gasteiger charge is 2.29. The van der Waals surface area contributed by atoms with Gasteiger partial charge in [0, 0.05) is 10.5 Å². The smallest absolute Gasteiger partial charge is 0.327 e. The van der Waals surface area contributed by atoms with Gasteiger partial charge in [-0.2, -0.15) is 0 Å². The van der Waals surface area contributed by atoms with E-state index in [0.29, 0.717) is 11.3 Å². The minimum atomic E-state index is -1.18. The minimum absolute atomic E-state index is 0.184. The molecule has 2 N–H and O–H groups in total. The van der Waals surface area contributed by atoms with E-state index < -0.39 is 18.0 Å². The Labute approximate surface area is 148 Å². The van der Waals surface area contributed by atoms with E-state index in [9.17, 15) is 14.4 Å². The van der Waals surface area contributed by atoms with Crippen molar-refractivity contribution in [1.29, 1.82) is 0 Å². The lowest BCUT2D eigenvalue weighted by molar-refractivity contribution is -0.154. The Morgan fingerprint density at radius 2 is 1.80 bits per heavy atom. The fraction of sp³-hybridized carbons (Fsp3) is 0.167. The number of rotatable bonds is 5. The first-order valence-corrected chi connectivity index (χ1v) is 8.61. The average Bonchev–Trinajstić information content (AvgIpc) is 2.62. The Morgan fingerprint density at radius 1 is 1.12 bits per heavy atom. The molecule has 0 saturated heterocycles. The Morgan fingerprint density at radius 3 is 2.52 bits per heavy atom. The largest absolute Gasteiger partial charge is 0.446 e. The van der Waals surface area contributed by atoms with Crippen molar-refractivity contribution in [1.82, 2.24) is 0 Å².